The van der Waals surface area contributed by atoms with Crippen LogP contribution in [-0.4, -0.2) is 82.2 Å². The highest BCUT2D eigenvalue weighted by Crippen LogP contribution is 2.27. The van der Waals surface area contributed by atoms with E-state index in [0.29, 0.717) is 0 Å². The molecule has 1 saturated heterocycles. The van der Waals surface area contributed by atoms with E-state index in [1.54, 1.807) is 19.0 Å². The van der Waals surface area contributed by atoms with Gasteiger partial charge in [-0.25, -0.2) is 14.8 Å². The van der Waals surface area contributed by atoms with Gasteiger partial charge in [0.25, 0.3) is 0 Å². The fourth-order valence-corrected chi connectivity index (χ4v) is 3.93. The molecule has 1 aliphatic heterocycles. The number of carbonyl (C=O) groups is 1. The summed E-state index contributed by atoms with van der Waals surface area (Å²) in [6.07, 6.45) is 0.840. The second kappa shape index (κ2) is 9.12. The number of aromatic nitrogens is 3. The van der Waals surface area contributed by atoms with E-state index in [-0.39, 0.29) is 18.0 Å². The van der Waals surface area contributed by atoms with Gasteiger partial charge in [-0.2, -0.15) is 0 Å². The number of nitrogens with zero attached hydrogens (tertiary/aromatic N) is 6. The highest BCUT2D eigenvalue weighted by molar-refractivity contribution is 5.74. The molecule has 1 fully saturated rings. The van der Waals surface area contributed by atoms with Crippen LogP contribution in [0.15, 0.2) is 10.6 Å². The molecule has 0 saturated carbocycles. The van der Waals surface area contributed by atoms with Gasteiger partial charge < -0.3 is 14.3 Å². The van der Waals surface area contributed by atoms with E-state index in [2.05, 4.69) is 36.9 Å². The number of piperazine rings is 1. The van der Waals surface area contributed by atoms with Gasteiger partial charge >= 0.3 is 6.03 Å². The van der Waals surface area contributed by atoms with Crippen LogP contribution in [-0.2, 0) is 6.42 Å². The average Bonchev–Trinajstić information content (AvgIpc) is 3.03. The zero-order valence-corrected chi connectivity index (χ0v) is 19.3. The van der Waals surface area contributed by atoms with Gasteiger partial charge in [0.05, 0.1) is 17.0 Å². The summed E-state index contributed by atoms with van der Waals surface area (Å²) >= 11 is 0. The Morgan fingerprint density at radius 3 is 2.57 bits per heavy atom. The van der Waals surface area contributed by atoms with Gasteiger partial charge in [0.2, 0.25) is 0 Å². The number of aryl methyl sites for hydroxylation is 2. The smallest absolute Gasteiger partial charge is 0.319 e. The molecule has 0 aliphatic carbocycles. The van der Waals surface area contributed by atoms with E-state index in [4.69, 9.17) is 14.5 Å². The van der Waals surface area contributed by atoms with Crippen LogP contribution in [0, 0.1) is 13.8 Å². The maximum Gasteiger partial charge on any atom is 0.319 e. The number of carbonyl (C=O) groups excluding carboxylic acids is 1. The van der Waals surface area contributed by atoms with Gasteiger partial charge in [0.15, 0.2) is 0 Å². The third-order valence-corrected chi connectivity index (χ3v) is 5.63. The van der Waals surface area contributed by atoms with Crippen molar-refractivity contribution < 1.29 is 9.32 Å². The predicted molar refractivity (Wildman–Crippen MR) is 116 cm³/mol. The number of urea groups is 1. The Morgan fingerprint density at radius 1 is 1.27 bits per heavy atom. The fourth-order valence-electron chi connectivity index (χ4n) is 3.93. The first-order valence-corrected chi connectivity index (χ1v) is 10.7. The molecular weight excluding hydrogens is 380 g/mol. The lowest BCUT2D eigenvalue weighted by Gasteiger charge is -2.40. The van der Waals surface area contributed by atoms with Gasteiger partial charge in [-0.3, -0.25) is 4.90 Å². The standard InChI is InChI=1S/C22H34N6O2/c1-14(2)21-23-18(12-19(24-21)20-16(4)25-30-17(20)5)8-9-27-10-11-28(15(3)13-27)22(29)26(6)7/h12,14-15H,8-11,13H2,1-7H3/t15-/m0/s1. The summed E-state index contributed by atoms with van der Waals surface area (Å²) < 4.78 is 5.35. The molecule has 2 amide bonds. The second-order valence-electron chi connectivity index (χ2n) is 8.73. The van der Waals surface area contributed by atoms with Gasteiger partial charge in [0, 0.05) is 64.3 Å². The van der Waals surface area contributed by atoms with E-state index in [1.807, 2.05) is 18.7 Å². The molecule has 2 aromatic heterocycles. The van der Waals surface area contributed by atoms with Crippen LogP contribution in [0.1, 0.15) is 49.7 Å². The molecule has 8 heteroatoms. The molecule has 0 aromatic carbocycles. The Hall–Kier alpha value is -2.48. The molecule has 0 radical (unpaired) electrons. The van der Waals surface area contributed by atoms with Gasteiger partial charge in [0.1, 0.15) is 11.6 Å². The first-order chi connectivity index (χ1) is 14.2. The molecule has 0 N–H and O–H groups in total. The zero-order chi connectivity index (χ0) is 22.0. The zero-order valence-electron chi connectivity index (χ0n) is 19.3. The van der Waals surface area contributed by atoms with Crippen molar-refractivity contribution in [2.24, 2.45) is 0 Å². The van der Waals surface area contributed by atoms with Crippen LogP contribution in [0.4, 0.5) is 4.79 Å². The highest BCUT2D eigenvalue weighted by atomic mass is 16.5. The van der Waals surface area contributed by atoms with Crippen molar-refractivity contribution in [3.05, 3.63) is 29.0 Å². The number of rotatable bonds is 5. The van der Waals surface area contributed by atoms with Crippen LogP contribution in [0.3, 0.4) is 0 Å². The van der Waals surface area contributed by atoms with Crippen molar-refractivity contribution in [1.29, 1.82) is 0 Å². The maximum atomic E-state index is 12.3. The maximum absolute atomic E-state index is 12.3. The number of amides is 2. The van der Waals surface area contributed by atoms with Crippen molar-refractivity contribution >= 4 is 6.03 Å². The Labute approximate surface area is 179 Å². The molecule has 8 nitrogen and oxygen atoms in total. The minimum Gasteiger partial charge on any atom is -0.361 e. The molecule has 3 heterocycles. The fraction of sp³-hybridized carbons (Fsp3) is 0.636. The van der Waals surface area contributed by atoms with Gasteiger partial charge in [-0.15, -0.1) is 0 Å². The van der Waals surface area contributed by atoms with Gasteiger partial charge in [-0.05, 0) is 26.8 Å². The van der Waals surface area contributed by atoms with Crippen LogP contribution in [0.25, 0.3) is 11.3 Å². The van der Waals surface area contributed by atoms with Crippen molar-refractivity contribution in [2.45, 2.75) is 53.0 Å². The first-order valence-electron chi connectivity index (χ1n) is 10.7. The number of hydrogen-bond donors (Lipinski definition) is 0. The number of hydrogen-bond acceptors (Lipinski definition) is 6. The van der Waals surface area contributed by atoms with Crippen molar-refractivity contribution in [3.8, 4) is 11.3 Å². The van der Waals surface area contributed by atoms with Crippen LogP contribution in [0.5, 0.6) is 0 Å². The topological polar surface area (TPSA) is 78.6 Å². The second-order valence-corrected chi connectivity index (χ2v) is 8.73. The van der Waals surface area contributed by atoms with Crippen LogP contribution < -0.4 is 0 Å². The molecule has 0 bridgehead atoms. The molecule has 1 aliphatic rings. The molecular formula is C22H34N6O2. The Balaban J connectivity index is 1.72. The SMILES string of the molecule is Cc1noc(C)c1-c1cc(CCN2CCN(C(=O)N(C)C)[C@@H](C)C2)nc(C(C)C)n1. The summed E-state index contributed by atoms with van der Waals surface area (Å²) in [6.45, 7) is 13.6. The van der Waals surface area contributed by atoms with E-state index in [0.717, 1.165) is 66.8 Å². The summed E-state index contributed by atoms with van der Waals surface area (Å²) in [7, 11) is 3.61. The highest BCUT2D eigenvalue weighted by Gasteiger charge is 2.28. The Morgan fingerprint density at radius 2 is 2.00 bits per heavy atom. The lowest BCUT2D eigenvalue weighted by atomic mass is 10.1. The largest absolute Gasteiger partial charge is 0.361 e. The third-order valence-electron chi connectivity index (χ3n) is 5.63. The Bertz CT molecular complexity index is 872. The van der Waals surface area contributed by atoms with Crippen molar-refractivity contribution in [3.63, 3.8) is 0 Å². The average molecular weight is 415 g/mol. The first kappa shape index (κ1) is 22.2. The van der Waals surface area contributed by atoms with E-state index in [9.17, 15) is 4.79 Å². The molecule has 30 heavy (non-hydrogen) atoms. The molecule has 0 unspecified atom stereocenters. The Kier molecular flexibility index (Phi) is 6.75. The molecule has 3 rings (SSSR count). The van der Waals surface area contributed by atoms with Gasteiger partial charge in [-0.1, -0.05) is 19.0 Å². The molecule has 0 spiro atoms. The molecule has 164 valence electrons. The molecule has 2 aromatic rings. The predicted octanol–water partition coefficient (Wildman–Crippen LogP) is 3.10. The monoisotopic (exact) mass is 414 g/mol. The summed E-state index contributed by atoms with van der Waals surface area (Å²) in [5.74, 6) is 1.87. The van der Waals surface area contributed by atoms with Crippen molar-refractivity contribution in [1.82, 2.24) is 29.8 Å². The van der Waals surface area contributed by atoms with Crippen LogP contribution >= 0.6 is 0 Å². The summed E-state index contributed by atoms with van der Waals surface area (Å²) in [5, 5.41) is 4.08. The summed E-state index contributed by atoms with van der Waals surface area (Å²) in [4.78, 5) is 27.9. The lowest BCUT2D eigenvalue weighted by molar-refractivity contribution is 0.0891. The third kappa shape index (κ3) is 4.80. The van der Waals surface area contributed by atoms with E-state index >= 15 is 0 Å². The minimum absolute atomic E-state index is 0.0867. The summed E-state index contributed by atoms with van der Waals surface area (Å²) in [5.41, 5.74) is 3.73. The normalized spacial score (nSPS) is 17.6. The van der Waals surface area contributed by atoms with Crippen molar-refractivity contribution in [2.75, 3.05) is 40.3 Å². The van der Waals surface area contributed by atoms with E-state index < -0.39 is 0 Å². The lowest BCUT2D eigenvalue weighted by Crippen LogP contribution is -2.56. The summed E-state index contributed by atoms with van der Waals surface area (Å²) in [6, 6.07) is 2.35. The van der Waals surface area contributed by atoms with E-state index in [1.165, 1.54) is 0 Å². The quantitative estimate of drug-likeness (QED) is 0.748. The minimum atomic E-state index is 0.0867. The molecule has 1 atom stereocenters. The van der Waals surface area contributed by atoms with Crippen LogP contribution in [0.2, 0.25) is 0 Å².